The van der Waals surface area contributed by atoms with Crippen molar-refractivity contribution < 1.29 is 99.1 Å². The van der Waals surface area contributed by atoms with Crippen molar-refractivity contribution in [2.75, 3.05) is 56.3 Å². The number of carbonyl (C=O) groups excluding carboxylic acids is 7. The van der Waals surface area contributed by atoms with Gasteiger partial charge >= 0.3 is 37.6 Å². The molecule has 3 fully saturated rings. The number of likely N-dealkylation sites (N-methyl/N-ethyl adjacent to an activating group) is 1. The van der Waals surface area contributed by atoms with E-state index in [-0.39, 0.29) is 116 Å². The molecule has 3 aliphatic heterocycles. The van der Waals surface area contributed by atoms with Gasteiger partial charge in [-0.3, -0.25) is 47.5 Å². The molecule has 5 aromatic rings. The molecule has 1 aromatic carbocycles. The molecule has 11 N–H and O–H groups in total. The summed E-state index contributed by atoms with van der Waals surface area (Å²) in [6.45, 7) is -5.69. The Hall–Kier alpha value is -7.48. The molecule has 40 heteroatoms. The van der Waals surface area contributed by atoms with Crippen LogP contribution in [0.5, 0.6) is 0 Å². The molecule has 0 aliphatic carbocycles. The number of imidazole rings is 2. The van der Waals surface area contributed by atoms with E-state index in [4.69, 9.17) is 77.2 Å². The van der Waals surface area contributed by atoms with Gasteiger partial charge in [0.05, 0.1) is 44.9 Å². The third-order valence-corrected chi connectivity index (χ3v) is 18.8. The number of carboxylic acids is 1. The summed E-state index contributed by atoms with van der Waals surface area (Å²) >= 11 is 10.5. The van der Waals surface area contributed by atoms with E-state index in [0.29, 0.717) is 43.4 Å². The van der Waals surface area contributed by atoms with Crippen molar-refractivity contribution in [3.63, 3.8) is 0 Å². The van der Waals surface area contributed by atoms with Crippen molar-refractivity contribution in [3.05, 3.63) is 55.1 Å². The number of primary amides is 1. The van der Waals surface area contributed by atoms with Gasteiger partial charge in [0.1, 0.15) is 61.6 Å². The number of hydrogen-bond donors (Lipinski definition) is 9. The summed E-state index contributed by atoms with van der Waals surface area (Å²) in [5, 5.41) is 19.4. The molecule has 0 saturated carbocycles. The van der Waals surface area contributed by atoms with Crippen LogP contribution in [0.15, 0.2) is 49.6 Å². The number of aromatic nitrogens is 8. The number of fused-ring (bicyclic) bond motifs is 4. The smallest absolute Gasteiger partial charge is 0.412 e. The summed E-state index contributed by atoms with van der Waals surface area (Å²) in [4.78, 5) is 149. The van der Waals surface area contributed by atoms with Crippen molar-refractivity contribution in [2.24, 2.45) is 23.5 Å². The van der Waals surface area contributed by atoms with E-state index in [9.17, 15) is 48.1 Å². The molecular formula is C56H75F2N15O19P2S2. The minimum atomic E-state index is -4.43. The number of rotatable bonds is 29. The number of nitrogens with two attached hydrogens (primary N) is 2. The number of alkyl halides is 2. The lowest BCUT2D eigenvalue weighted by Gasteiger charge is -2.29. The van der Waals surface area contributed by atoms with Gasteiger partial charge in [-0.2, -0.15) is 0 Å². The lowest BCUT2D eigenvalue weighted by molar-refractivity contribution is -0.140. The Kier molecular flexibility index (Phi) is 26.1. The van der Waals surface area contributed by atoms with Gasteiger partial charge in [0, 0.05) is 50.4 Å². The number of urea groups is 1. The van der Waals surface area contributed by atoms with E-state index in [2.05, 4.69) is 51.2 Å². The summed E-state index contributed by atoms with van der Waals surface area (Å²) in [5.74, 6) is -4.28. The number of hydrogen-bond acceptors (Lipinski definition) is 25. The van der Waals surface area contributed by atoms with Crippen LogP contribution in [0, 0.1) is 17.8 Å². The summed E-state index contributed by atoms with van der Waals surface area (Å²) < 4.78 is 80.5. The second-order valence-electron chi connectivity index (χ2n) is 23.2. The molecule has 4 unspecified atom stereocenters. The second-order valence-corrected chi connectivity index (χ2v) is 28.8. The molecule has 0 radical (unpaired) electrons. The van der Waals surface area contributed by atoms with Crippen LogP contribution in [0.3, 0.4) is 0 Å². The van der Waals surface area contributed by atoms with E-state index < -0.39 is 124 Å². The fourth-order valence-electron chi connectivity index (χ4n) is 10.6. The molecule has 3 aliphatic rings. The Morgan fingerprint density at radius 1 is 0.760 bits per heavy atom. The third-order valence-electron chi connectivity index (χ3n) is 15.7. The molecule has 3 saturated heterocycles. The van der Waals surface area contributed by atoms with Crippen LogP contribution >= 0.6 is 13.4 Å². The maximum atomic E-state index is 16.7. The highest BCUT2D eigenvalue weighted by molar-refractivity contribution is 8.07. The molecule has 6 amide bonds. The molecule has 4 aromatic heterocycles. The summed E-state index contributed by atoms with van der Waals surface area (Å²) in [6.07, 6.45) is -8.27. The van der Waals surface area contributed by atoms with Gasteiger partial charge in [-0.05, 0) is 72.9 Å². The summed E-state index contributed by atoms with van der Waals surface area (Å²) in [5.41, 5.74) is 12.1. The number of unbranched alkanes of at least 4 members (excludes halogenated alkanes) is 3. The average Bonchev–Trinajstić information content (AvgIpc) is 1.62. The largest absolute Gasteiger partial charge is 0.481 e. The van der Waals surface area contributed by atoms with Crippen molar-refractivity contribution in [3.8, 4) is 0 Å². The van der Waals surface area contributed by atoms with Crippen LogP contribution < -0.4 is 32.7 Å². The number of nitrogens with zero attached hydrogens (tertiary/aromatic N) is 9. The maximum Gasteiger partial charge on any atom is 0.412 e. The fourth-order valence-corrected chi connectivity index (χ4v) is 13.5. The number of benzene rings is 1. The van der Waals surface area contributed by atoms with Crippen LogP contribution in [0.25, 0.3) is 22.3 Å². The molecule has 7 heterocycles. The first-order chi connectivity index (χ1) is 45.6. The molecule has 34 nitrogen and oxygen atoms in total. The first kappa shape index (κ1) is 74.3. The minimum absolute atomic E-state index is 0.0127. The zero-order valence-corrected chi connectivity index (χ0v) is 55.8. The predicted octanol–water partition coefficient (Wildman–Crippen LogP) is 4.91. The number of aliphatic carboxylic acids is 1. The SMILES string of the molecule is CC(CC(=O)O)C(=O)CCCCCCC(=O)NC(C(=O)C[C@@H](CCCNC(N)=O)C(=O)Nc1ccc(COC(=O)N(C)CCOC(=O)Nc2ncnc3c2ncn3[C@@H]2O[C@@H]3COP(O)(=S)O[C@H]4[C@@H](F)[C@H](n5cnc6c(N)ncnc65)O[C@@H]4COP(O)(=S)O[C@H]3[C@H]2F)cc1)C(C)C. The number of carboxylic acid groups (broad SMARTS) is 1. The second kappa shape index (κ2) is 33.7. The van der Waals surface area contributed by atoms with Crippen LogP contribution in [0.1, 0.15) is 103 Å². The third kappa shape index (κ3) is 20.1. The first-order valence-electron chi connectivity index (χ1n) is 30.4. The molecular weight excluding hydrogens is 1350 g/mol. The summed E-state index contributed by atoms with van der Waals surface area (Å²) in [6, 6.07) is 4.69. The van der Waals surface area contributed by atoms with Gasteiger partial charge in [-0.1, -0.05) is 45.7 Å². The van der Waals surface area contributed by atoms with Crippen LogP contribution in [-0.2, 0) is 91.2 Å². The standard InChI is InChI=1S/C56H75F2N15O19P2S2/c1-29(2)42(69-38(76)12-8-6-5-7-11-34(74)30(3)20-39(77)78)35(75)21-32(10-9-17-61-54(60)80)51(79)68-33-15-13-31(14-16-33)22-86-56(82)71(4)18-19-85-55(81)70-48-44-50(65-26-63-48)73(28-67-44)53-41(58)46-37(90-53)24-88-93(83,95)91-45-36(23-87-94(84,96)92-46)89-52(40(45)57)72-27-66-43-47(59)62-25-64-49(43)72/h13-16,25-30,32,36-37,40-42,45-46,52-53H,5-12,17-24H2,1-4H3,(H,68,79)(H,69,76)(H,77,78)(H,83,95)(H,84,96)(H2,59,62,64)(H3,60,61,80)(H,63,65,70,81)/t30?,32-,36-,37-,40-,41-,42?,45-,46-,52-,53-,93?,94?/m1/s1. The number of carbonyl (C=O) groups is 8. The lowest BCUT2D eigenvalue weighted by atomic mass is 9.89. The fraction of sp³-hybridized carbons (Fsp3) is 0.571. The zero-order valence-electron chi connectivity index (χ0n) is 52.4. The van der Waals surface area contributed by atoms with E-state index in [1.54, 1.807) is 45.0 Å². The molecule has 0 bridgehead atoms. The number of halogens is 2. The molecule has 8 rings (SSSR count). The van der Waals surface area contributed by atoms with E-state index in [1.165, 1.54) is 17.9 Å². The predicted molar refractivity (Wildman–Crippen MR) is 341 cm³/mol. The van der Waals surface area contributed by atoms with Crippen molar-refractivity contribution in [2.45, 2.75) is 147 Å². The van der Waals surface area contributed by atoms with Crippen molar-refractivity contribution in [1.29, 1.82) is 0 Å². The number of nitrogen functional groups attached to an aromatic ring is 1. The lowest BCUT2D eigenvalue weighted by Crippen LogP contribution is -2.45. The molecule has 524 valence electrons. The van der Waals surface area contributed by atoms with Crippen molar-refractivity contribution in [1.82, 2.24) is 54.6 Å². The average molecular weight is 1430 g/mol. The van der Waals surface area contributed by atoms with Gasteiger partial charge in [-0.25, -0.2) is 53.1 Å². The Morgan fingerprint density at radius 3 is 1.94 bits per heavy atom. The van der Waals surface area contributed by atoms with Crippen LogP contribution in [0.4, 0.5) is 40.5 Å². The van der Waals surface area contributed by atoms with Gasteiger partial charge in [0.2, 0.25) is 11.8 Å². The number of nitrogens with one attached hydrogen (secondary N) is 4. The minimum Gasteiger partial charge on any atom is -0.481 e. The number of ether oxygens (including phenoxy) is 4. The van der Waals surface area contributed by atoms with Gasteiger partial charge in [0.25, 0.3) is 0 Å². The maximum absolute atomic E-state index is 16.7. The normalized spacial score (nSPS) is 24.5. The highest BCUT2D eigenvalue weighted by Gasteiger charge is 2.54. The van der Waals surface area contributed by atoms with Crippen LogP contribution in [0.2, 0.25) is 0 Å². The number of amides is 6. The highest BCUT2D eigenvalue weighted by atomic mass is 32.5. The zero-order chi connectivity index (χ0) is 69.6. The van der Waals surface area contributed by atoms with Crippen molar-refractivity contribution >= 4 is 124 Å². The Balaban J connectivity index is 0.783. The molecule has 96 heavy (non-hydrogen) atoms. The molecule has 0 spiro atoms. The summed E-state index contributed by atoms with van der Waals surface area (Å²) in [7, 11) is 1.40. The number of ketones is 2. The Morgan fingerprint density at radius 2 is 1.34 bits per heavy atom. The van der Waals surface area contributed by atoms with E-state index in [1.807, 2.05) is 0 Å². The van der Waals surface area contributed by atoms with E-state index in [0.717, 1.165) is 28.4 Å². The highest BCUT2D eigenvalue weighted by Crippen LogP contribution is 2.55. The van der Waals surface area contributed by atoms with Gasteiger partial charge < -0.3 is 75.2 Å². The number of anilines is 3. The quantitative estimate of drug-likeness (QED) is 0.0227. The Labute approximate surface area is 557 Å². The van der Waals surface area contributed by atoms with Crippen LogP contribution in [-0.4, -0.2) is 189 Å². The topological polar surface area (TPSA) is 462 Å². The van der Waals surface area contributed by atoms with Gasteiger partial charge in [0.15, 0.2) is 59.0 Å². The Bertz CT molecular complexity index is 3710. The number of Topliss-reactive ketones (excluding diaryl/α,β-unsaturated/α-hetero) is 2. The van der Waals surface area contributed by atoms with Gasteiger partial charge in [-0.15, -0.1) is 0 Å². The first-order valence-corrected chi connectivity index (χ1v) is 35.6. The monoisotopic (exact) mass is 1430 g/mol. The molecule has 13 atom stereocenters. The van der Waals surface area contributed by atoms with E-state index >= 15 is 8.78 Å².